The first-order valence-electron chi connectivity index (χ1n) is 6.10. The van der Waals surface area contributed by atoms with Gasteiger partial charge in [0.2, 0.25) is 5.91 Å². The van der Waals surface area contributed by atoms with E-state index in [2.05, 4.69) is 15.5 Å². The van der Waals surface area contributed by atoms with Crippen LogP contribution in [0.5, 0.6) is 0 Å². The Bertz CT molecular complexity index is 208. The fraction of sp³-hybridized carbons (Fsp3) is 0.909. The largest absolute Gasteiger partial charge is 0.353 e. The number of carbonyl (C=O) groups is 1. The monoisotopic (exact) mass is 211 g/mol. The van der Waals surface area contributed by atoms with E-state index in [1.807, 2.05) is 0 Å². The molecule has 0 aromatic heterocycles. The summed E-state index contributed by atoms with van der Waals surface area (Å²) in [5.74, 6) is 0.187. The van der Waals surface area contributed by atoms with Gasteiger partial charge in [-0.25, -0.2) is 0 Å². The third kappa shape index (κ3) is 3.18. The first kappa shape index (κ1) is 10.9. The highest BCUT2D eigenvalue weighted by Gasteiger charge is 2.21. The zero-order valence-corrected chi connectivity index (χ0v) is 9.30. The number of hydrogen-bond donors (Lipinski definition) is 2. The second-order valence-electron chi connectivity index (χ2n) is 4.49. The van der Waals surface area contributed by atoms with Crippen molar-refractivity contribution in [3.05, 3.63) is 0 Å². The van der Waals surface area contributed by atoms with E-state index in [1.54, 1.807) is 0 Å². The molecule has 15 heavy (non-hydrogen) atoms. The molecule has 2 aliphatic rings. The zero-order valence-electron chi connectivity index (χ0n) is 9.30. The topological polar surface area (TPSA) is 44.4 Å². The second kappa shape index (κ2) is 5.47. The number of nitrogens with zero attached hydrogens (tertiary/aromatic N) is 1. The molecule has 4 heteroatoms. The maximum absolute atomic E-state index is 11.6. The molecule has 0 saturated carbocycles. The lowest BCUT2D eigenvalue weighted by molar-refractivity contribution is -0.122. The summed E-state index contributed by atoms with van der Waals surface area (Å²) in [6.07, 6.45) is 4.76. The molecule has 0 aliphatic carbocycles. The summed E-state index contributed by atoms with van der Waals surface area (Å²) < 4.78 is 0. The number of likely N-dealkylation sites (tertiary alicyclic amines) is 1. The van der Waals surface area contributed by atoms with Gasteiger partial charge in [0, 0.05) is 13.1 Å². The predicted molar refractivity (Wildman–Crippen MR) is 59.7 cm³/mol. The van der Waals surface area contributed by atoms with Gasteiger partial charge in [0.05, 0.1) is 6.04 Å². The van der Waals surface area contributed by atoms with Crippen LogP contribution in [0, 0.1) is 0 Å². The lowest BCUT2D eigenvalue weighted by Gasteiger charge is -2.16. The summed E-state index contributed by atoms with van der Waals surface area (Å²) in [5, 5.41) is 6.22. The minimum absolute atomic E-state index is 0.0728. The van der Waals surface area contributed by atoms with E-state index in [0.29, 0.717) is 0 Å². The van der Waals surface area contributed by atoms with Crippen molar-refractivity contribution in [1.29, 1.82) is 0 Å². The van der Waals surface area contributed by atoms with E-state index in [9.17, 15) is 4.79 Å². The van der Waals surface area contributed by atoms with E-state index in [0.717, 1.165) is 32.5 Å². The van der Waals surface area contributed by atoms with Crippen molar-refractivity contribution < 1.29 is 4.79 Å². The van der Waals surface area contributed by atoms with Gasteiger partial charge in [0.15, 0.2) is 0 Å². The predicted octanol–water partition coefficient (Wildman–Crippen LogP) is -0.0496. The molecular weight excluding hydrogens is 190 g/mol. The molecule has 86 valence electrons. The van der Waals surface area contributed by atoms with Crippen LogP contribution in [-0.2, 0) is 4.79 Å². The standard InChI is InChI=1S/C11H21N3O/c15-11(10-4-3-5-12-10)13-6-9-14-7-1-2-8-14/h10,12H,1-9H2,(H,13,15). The van der Waals surface area contributed by atoms with Gasteiger partial charge in [-0.05, 0) is 45.3 Å². The Morgan fingerprint density at radius 1 is 1.33 bits per heavy atom. The Kier molecular flexibility index (Phi) is 3.97. The van der Waals surface area contributed by atoms with Gasteiger partial charge in [-0.15, -0.1) is 0 Å². The smallest absolute Gasteiger partial charge is 0.237 e. The summed E-state index contributed by atoms with van der Waals surface area (Å²) in [5.41, 5.74) is 0. The van der Waals surface area contributed by atoms with Gasteiger partial charge in [-0.2, -0.15) is 0 Å². The zero-order chi connectivity index (χ0) is 10.5. The fourth-order valence-electron chi connectivity index (χ4n) is 2.37. The molecule has 1 atom stereocenters. The first-order chi connectivity index (χ1) is 7.36. The van der Waals surface area contributed by atoms with Gasteiger partial charge in [-0.1, -0.05) is 0 Å². The van der Waals surface area contributed by atoms with Crippen molar-refractivity contribution in [1.82, 2.24) is 15.5 Å². The molecule has 2 rings (SSSR count). The molecule has 4 nitrogen and oxygen atoms in total. The van der Waals surface area contributed by atoms with Crippen LogP contribution in [0.4, 0.5) is 0 Å². The summed E-state index contributed by atoms with van der Waals surface area (Å²) >= 11 is 0. The Morgan fingerprint density at radius 2 is 2.13 bits per heavy atom. The highest BCUT2D eigenvalue weighted by Crippen LogP contribution is 2.06. The third-order valence-corrected chi connectivity index (χ3v) is 3.30. The van der Waals surface area contributed by atoms with Crippen molar-refractivity contribution in [2.75, 3.05) is 32.7 Å². The summed E-state index contributed by atoms with van der Waals surface area (Å²) in [4.78, 5) is 14.0. The van der Waals surface area contributed by atoms with Crippen LogP contribution in [0.25, 0.3) is 0 Å². The molecule has 2 fully saturated rings. The van der Waals surface area contributed by atoms with Crippen molar-refractivity contribution in [2.24, 2.45) is 0 Å². The maximum atomic E-state index is 11.6. The van der Waals surface area contributed by atoms with Crippen molar-refractivity contribution >= 4 is 5.91 Å². The Labute approximate surface area is 91.4 Å². The fourth-order valence-corrected chi connectivity index (χ4v) is 2.37. The van der Waals surface area contributed by atoms with Gasteiger partial charge < -0.3 is 15.5 Å². The molecule has 0 spiro atoms. The molecule has 2 heterocycles. The van der Waals surface area contributed by atoms with Crippen LogP contribution in [0.1, 0.15) is 25.7 Å². The molecule has 1 amide bonds. The summed E-state index contributed by atoms with van der Waals surface area (Å²) in [6, 6.07) is 0.0728. The van der Waals surface area contributed by atoms with Gasteiger partial charge in [-0.3, -0.25) is 4.79 Å². The molecule has 2 saturated heterocycles. The normalized spacial score (nSPS) is 27.1. The quantitative estimate of drug-likeness (QED) is 0.685. The molecule has 0 radical (unpaired) electrons. The average molecular weight is 211 g/mol. The second-order valence-corrected chi connectivity index (χ2v) is 4.49. The molecule has 2 N–H and O–H groups in total. The van der Waals surface area contributed by atoms with Crippen LogP contribution in [0.15, 0.2) is 0 Å². The molecule has 0 aromatic rings. The Balaban J connectivity index is 1.58. The highest BCUT2D eigenvalue weighted by atomic mass is 16.2. The van der Waals surface area contributed by atoms with Crippen molar-refractivity contribution in [3.8, 4) is 0 Å². The average Bonchev–Trinajstić information content (AvgIpc) is 2.90. The molecule has 1 unspecified atom stereocenters. The minimum Gasteiger partial charge on any atom is -0.353 e. The van der Waals surface area contributed by atoms with E-state index in [4.69, 9.17) is 0 Å². The Morgan fingerprint density at radius 3 is 2.80 bits per heavy atom. The molecule has 0 aromatic carbocycles. The lowest BCUT2D eigenvalue weighted by atomic mass is 10.2. The van der Waals surface area contributed by atoms with Crippen molar-refractivity contribution in [3.63, 3.8) is 0 Å². The lowest BCUT2D eigenvalue weighted by Crippen LogP contribution is -2.43. The third-order valence-electron chi connectivity index (χ3n) is 3.30. The highest BCUT2D eigenvalue weighted by molar-refractivity contribution is 5.81. The van der Waals surface area contributed by atoms with E-state index < -0.39 is 0 Å². The van der Waals surface area contributed by atoms with Crippen LogP contribution >= 0.6 is 0 Å². The molecule has 0 bridgehead atoms. The van der Waals surface area contributed by atoms with Gasteiger partial charge in [0.1, 0.15) is 0 Å². The van der Waals surface area contributed by atoms with Crippen LogP contribution < -0.4 is 10.6 Å². The number of hydrogen-bond acceptors (Lipinski definition) is 3. The van der Waals surface area contributed by atoms with Crippen LogP contribution in [-0.4, -0.2) is 49.6 Å². The first-order valence-corrected chi connectivity index (χ1v) is 6.10. The Hall–Kier alpha value is -0.610. The number of nitrogens with one attached hydrogen (secondary N) is 2. The van der Waals surface area contributed by atoms with E-state index in [-0.39, 0.29) is 11.9 Å². The number of rotatable bonds is 4. The number of carbonyl (C=O) groups excluding carboxylic acids is 1. The van der Waals surface area contributed by atoms with E-state index in [1.165, 1.54) is 25.9 Å². The van der Waals surface area contributed by atoms with Gasteiger partial charge in [0.25, 0.3) is 0 Å². The van der Waals surface area contributed by atoms with Crippen LogP contribution in [0.3, 0.4) is 0 Å². The summed E-state index contributed by atoms with van der Waals surface area (Å²) in [7, 11) is 0. The molecular formula is C11H21N3O. The van der Waals surface area contributed by atoms with E-state index >= 15 is 0 Å². The van der Waals surface area contributed by atoms with Gasteiger partial charge >= 0.3 is 0 Å². The maximum Gasteiger partial charge on any atom is 0.237 e. The van der Waals surface area contributed by atoms with Crippen molar-refractivity contribution in [2.45, 2.75) is 31.7 Å². The number of amides is 1. The summed E-state index contributed by atoms with van der Waals surface area (Å²) in [6.45, 7) is 5.22. The SMILES string of the molecule is O=C(NCCN1CCCC1)C1CCCN1. The van der Waals surface area contributed by atoms with Crippen LogP contribution in [0.2, 0.25) is 0 Å². The molecule has 2 aliphatic heterocycles. The minimum atomic E-state index is 0.0728.